The Morgan fingerprint density at radius 3 is 2.71 bits per heavy atom. The third kappa shape index (κ3) is 1.79. The van der Waals surface area contributed by atoms with Gasteiger partial charge in [0, 0.05) is 13.0 Å². The first kappa shape index (κ1) is 8.87. The minimum Gasteiger partial charge on any atom is -0.508 e. The maximum atomic E-state index is 10.9. The molecule has 4 heteroatoms. The SMILES string of the molecule is O=C1NCCC(c2ccc(O)cc2)O1. The van der Waals surface area contributed by atoms with Gasteiger partial charge in [0.1, 0.15) is 11.9 Å². The summed E-state index contributed by atoms with van der Waals surface area (Å²) in [5, 5.41) is 11.7. The van der Waals surface area contributed by atoms with E-state index in [1.54, 1.807) is 24.3 Å². The maximum Gasteiger partial charge on any atom is 0.407 e. The summed E-state index contributed by atoms with van der Waals surface area (Å²) in [6, 6.07) is 6.70. The highest BCUT2D eigenvalue weighted by molar-refractivity contribution is 5.68. The molecule has 1 saturated heterocycles. The number of phenolic OH excluding ortho intramolecular Hbond substituents is 1. The van der Waals surface area contributed by atoms with Gasteiger partial charge in [-0.05, 0) is 17.7 Å². The molecule has 0 radical (unpaired) electrons. The largest absolute Gasteiger partial charge is 0.508 e. The normalized spacial score (nSPS) is 21.1. The summed E-state index contributed by atoms with van der Waals surface area (Å²) in [4.78, 5) is 10.9. The van der Waals surface area contributed by atoms with Gasteiger partial charge in [-0.3, -0.25) is 0 Å². The number of amides is 1. The molecule has 1 aromatic carbocycles. The second-order valence-electron chi connectivity index (χ2n) is 3.20. The fourth-order valence-corrected chi connectivity index (χ4v) is 1.46. The van der Waals surface area contributed by atoms with Gasteiger partial charge in [-0.25, -0.2) is 4.79 Å². The smallest absolute Gasteiger partial charge is 0.407 e. The molecule has 1 aliphatic rings. The van der Waals surface area contributed by atoms with E-state index in [1.165, 1.54) is 0 Å². The van der Waals surface area contributed by atoms with Gasteiger partial charge in [0.25, 0.3) is 0 Å². The minimum absolute atomic E-state index is 0.190. The molecule has 2 N–H and O–H groups in total. The molecule has 1 heterocycles. The van der Waals surface area contributed by atoms with Gasteiger partial charge in [-0.15, -0.1) is 0 Å². The van der Waals surface area contributed by atoms with Crippen molar-refractivity contribution in [3.05, 3.63) is 29.8 Å². The van der Waals surface area contributed by atoms with Crippen LogP contribution in [-0.2, 0) is 4.74 Å². The molecule has 0 aromatic heterocycles. The average molecular weight is 193 g/mol. The predicted molar refractivity (Wildman–Crippen MR) is 49.9 cm³/mol. The quantitative estimate of drug-likeness (QED) is 0.711. The molecule has 1 atom stereocenters. The first-order valence-electron chi connectivity index (χ1n) is 4.49. The van der Waals surface area contributed by atoms with E-state index < -0.39 is 0 Å². The molecule has 4 nitrogen and oxygen atoms in total. The van der Waals surface area contributed by atoms with Crippen molar-refractivity contribution < 1.29 is 14.6 Å². The van der Waals surface area contributed by atoms with Crippen molar-refractivity contribution >= 4 is 6.09 Å². The topological polar surface area (TPSA) is 58.6 Å². The molecule has 0 saturated carbocycles. The van der Waals surface area contributed by atoms with Crippen molar-refractivity contribution in [3.63, 3.8) is 0 Å². The Morgan fingerprint density at radius 1 is 1.36 bits per heavy atom. The van der Waals surface area contributed by atoms with Gasteiger partial charge in [-0.2, -0.15) is 0 Å². The number of hydrogen-bond acceptors (Lipinski definition) is 3. The zero-order valence-electron chi connectivity index (χ0n) is 7.56. The number of aromatic hydroxyl groups is 1. The number of nitrogens with one attached hydrogen (secondary N) is 1. The fourth-order valence-electron chi connectivity index (χ4n) is 1.46. The van der Waals surface area contributed by atoms with Crippen molar-refractivity contribution in [2.24, 2.45) is 0 Å². The summed E-state index contributed by atoms with van der Waals surface area (Å²) in [7, 11) is 0. The van der Waals surface area contributed by atoms with Crippen molar-refractivity contribution in [3.8, 4) is 5.75 Å². The lowest BCUT2D eigenvalue weighted by atomic mass is 10.1. The van der Waals surface area contributed by atoms with Crippen LogP contribution in [0.25, 0.3) is 0 Å². The van der Waals surface area contributed by atoms with Gasteiger partial charge in [-0.1, -0.05) is 12.1 Å². The Labute approximate surface area is 81.5 Å². The summed E-state index contributed by atoms with van der Waals surface area (Å²) >= 11 is 0. The highest BCUT2D eigenvalue weighted by Gasteiger charge is 2.20. The lowest BCUT2D eigenvalue weighted by Crippen LogP contribution is -2.33. The molecule has 74 valence electrons. The van der Waals surface area contributed by atoms with Crippen LogP contribution in [0.1, 0.15) is 18.1 Å². The van der Waals surface area contributed by atoms with Crippen LogP contribution in [0.5, 0.6) is 5.75 Å². The van der Waals surface area contributed by atoms with E-state index in [9.17, 15) is 4.79 Å². The number of hydrogen-bond donors (Lipinski definition) is 2. The average Bonchev–Trinajstić information content (AvgIpc) is 2.19. The number of benzene rings is 1. The van der Waals surface area contributed by atoms with Gasteiger partial charge in [0.05, 0.1) is 0 Å². The Bertz CT molecular complexity index is 334. The van der Waals surface area contributed by atoms with Gasteiger partial charge in [0.15, 0.2) is 0 Å². The maximum absolute atomic E-state index is 10.9. The number of cyclic esters (lactones) is 1. The molecular formula is C10H11NO3. The molecule has 0 aliphatic carbocycles. The monoisotopic (exact) mass is 193 g/mol. The second-order valence-corrected chi connectivity index (χ2v) is 3.20. The lowest BCUT2D eigenvalue weighted by molar-refractivity contribution is 0.0738. The van der Waals surface area contributed by atoms with Crippen LogP contribution >= 0.6 is 0 Å². The summed E-state index contributed by atoms with van der Waals surface area (Å²) in [6.07, 6.45) is 0.190. The molecular weight excluding hydrogens is 182 g/mol. The van der Waals surface area contributed by atoms with Crippen LogP contribution in [0, 0.1) is 0 Å². The zero-order chi connectivity index (χ0) is 9.97. The summed E-state index contributed by atoms with van der Waals surface area (Å²) in [5.74, 6) is 0.217. The van der Waals surface area contributed by atoms with Gasteiger partial charge < -0.3 is 15.2 Å². The van der Waals surface area contributed by atoms with E-state index in [0.29, 0.717) is 6.54 Å². The molecule has 0 bridgehead atoms. The van der Waals surface area contributed by atoms with E-state index >= 15 is 0 Å². The molecule has 2 rings (SSSR count). The summed E-state index contributed by atoms with van der Waals surface area (Å²) in [5.41, 5.74) is 0.914. The van der Waals surface area contributed by atoms with E-state index in [0.717, 1.165) is 12.0 Å². The standard InChI is InChI=1S/C10H11NO3/c12-8-3-1-7(2-4-8)9-5-6-11-10(13)14-9/h1-4,9,12H,5-6H2,(H,11,13). The minimum atomic E-state index is -0.380. The van der Waals surface area contributed by atoms with Crippen LogP contribution in [0.15, 0.2) is 24.3 Å². The molecule has 1 unspecified atom stereocenters. The van der Waals surface area contributed by atoms with Gasteiger partial charge in [0.2, 0.25) is 0 Å². The summed E-state index contributed by atoms with van der Waals surface area (Å²) in [6.45, 7) is 0.629. The van der Waals surface area contributed by atoms with Crippen LogP contribution in [0.4, 0.5) is 4.79 Å². The first-order valence-corrected chi connectivity index (χ1v) is 4.49. The van der Waals surface area contributed by atoms with Crippen LogP contribution in [0.2, 0.25) is 0 Å². The predicted octanol–water partition coefficient (Wildman–Crippen LogP) is 1.56. The van der Waals surface area contributed by atoms with Crippen molar-refractivity contribution in [2.75, 3.05) is 6.54 Å². The van der Waals surface area contributed by atoms with Crippen molar-refractivity contribution in [1.82, 2.24) is 5.32 Å². The highest BCUT2D eigenvalue weighted by atomic mass is 16.6. The number of carbonyl (C=O) groups is 1. The number of rotatable bonds is 1. The Balaban J connectivity index is 2.14. The van der Waals surface area contributed by atoms with Crippen molar-refractivity contribution in [2.45, 2.75) is 12.5 Å². The third-order valence-electron chi connectivity index (χ3n) is 2.19. The van der Waals surface area contributed by atoms with Crippen LogP contribution in [0.3, 0.4) is 0 Å². The third-order valence-corrected chi connectivity index (χ3v) is 2.19. The summed E-state index contributed by atoms with van der Waals surface area (Å²) < 4.78 is 5.08. The molecule has 0 spiro atoms. The van der Waals surface area contributed by atoms with E-state index in [2.05, 4.69) is 5.32 Å². The molecule has 1 aliphatic heterocycles. The molecule has 14 heavy (non-hydrogen) atoms. The lowest BCUT2D eigenvalue weighted by Gasteiger charge is -2.23. The molecule has 1 amide bonds. The van der Waals surface area contributed by atoms with E-state index in [1.807, 2.05) is 0 Å². The van der Waals surface area contributed by atoms with E-state index in [4.69, 9.17) is 9.84 Å². The zero-order valence-corrected chi connectivity index (χ0v) is 7.56. The molecule has 1 fully saturated rings. The number of ether oxygens (including phenoxy) is 1. The Hall–Kier alpha value is -1.71. The Morgan fingerprint density at radius 2 is 2.07 bits per heavy atom. The number of carbonyl (C=O) groups excluding carboxylic acids is 1. The molecule has 1 aromatic rings. The fraction of sp³-hybridized carbons (Fsp3) is 0.300. The number of phenols is 1. The first-order chi connectivity index (χ1) is 6.75. The van der Waals surface area contributed by atoms with Crippen LogP contribution < -0.4 is 5.32 Å². The number of alkyl carbamates (subject to hydrolysis) is 1. The highest BCUT2D eigenvalue weighted by Crippen LogP contribution is 2.24. The van der Waals surface area contributed by atoms with Gasteiger partial charge >= 0.3 is 6.09 Å². The Kier molecular flexibility index (Phi) is 2.26. The van der Waals surface area contributed by atoms with E-state index in [-0.39, 0.29) is 17.9 Å². The second kappa shape index (κ2) is 3.57. The van der Waals surface area contributed by atoms with Crippen molar-refractivity contribution in [1.29, 1.82) is 0 Å². The van der Waals surface area contributed by atoms with Crippen LogP contribution in [-0.4, -0.2) is 17.7 Å².